The smallest absolute Gasteiger partial charge is 0.264 e. The average Bonchev–Trinajstić information content (AvgIpc) is 2.86. The van der Waals surface area contributed by atoms with Crippen molar-refractivity contribution in [3.8, 4) is 11.5 Å². The number of carbonyl (C=O) groups is 1. The third-order valence-electron chi connectivity index (χ3n) is 4.93. The van der Waals surface area contributed by atoms with E-state index in [0.29, 0.717) is 17.2 Å². The number of rotatable bonds is 8. The Morgan fingerprint density at radius 2 is 1.46 bits per heavy atom. The number of halogens is 2. The van der Waals surface area contributed by atoms with Gasteiger partial charge in [0.1, 0.15) is 12.3 Å². The van der Waals surface area contributed by atoms with Gasteiger partial charge in [-0.05, 0) is 54.6 Å². The first kappa shape index (κ1) is 24.6. The topological polar surface area (TPSA) is 75.7 Å². The maximum Gasteiger partial charge on any atom is 0.264 e. The zero-order valence-corrected chi connectivity index (χ0v) is 20.6. The highest BCUT2D eigenvalue weighted by molar-refractivity contribution is 7.92. The first-order valence-electron chi connectivity index (χ1n) is 10.5. The van der Waals surface area contributed by atoms with E-state index >= 15 is 0 Å². The van der Waals surface area contributed by atoms with Crippen molar-refractivity contribution >= 4 is 50.5 Å². The van der Waals surface area contributed by atoms with Gasteiger partial charge in [-0.3, -0.25) is 9.10 Å². The molecule has 0 fully saturated rings. The summed E-state index contributed by atoms with van der Waals surface area (Å²) < 4.78 is 33.8. The Hall–Kier alpha value is -3.52. The predicted molar refractivity (Wildman–Crippen MR) is 139 cm³/mol. The highest BCUT2D eigenvalue weighted by Gasteiger charge is 2.29. The normalized spacial score (nSPS) is 11.0. The summed E-state index contributed by atoms with van der Waals surface area (Å²) in [5.74, 6) is 0.406. The van der Waals surface area contributed by atoms with Crippen LogP contribution < -0.4 is 14.4 Å². The number of hydrogen-bond donors (Lipinski definition) is 1. The maximum atomic E-state index is 13.5. The SMILES string of the molecule is O=C(CN(c1cc(Cl)ccc1Cl)S(=O)(=O)c1ccccc1)Nc1ccccc1Oc1ccccc1. The van der Waals surface area contributed by atoms with Gasteiger partial charge in [-0.1, -0.05) is 71.7 Å². The summed E-state index contributed by atoms with van der Waals surface area (Å²) in [5, 5.41) is 3.15. The van der Waals surface area contributed by atoms with Gasteiger partial charge in [0.15, 0.2) is 5.75 Å². The molecule has 1 amide bonds. The number of carbonyl (C=O) groups excluding carboxylic acids is 1. The fraction of sp³-hybridized carbons (Fsp3) is 0.0385. The second-order valence-electron chi connectivity index (χ2n) is 7.38. The summed E-state index contributed by atoms with van der Waals surface area (Å²) in [6.45, 7) is -0.545. The van der Waals surface area contributed by atoms with Gasteiger partial charge in [0.2, 0.25) is 5.91 Å². The van der Waals surface area contributed by atoms with Gasteiger partial charge < -0.3 is 10.1 Å². The van der Waals surface area contributed by atoms with Gasteiger partial charge in [0.05, 0.1) is 21.3 Å². The summed E-state index contributed by atoms with van der Waals surface area (Å²) in [4.78, 5) is 13.1. The Morgan fingerprint density at radius 3 is 2.17 bits per heavy atom. The number of para-hydroxylation sites is 3. The third-order valence-corrected chi connectivity index (χ3v) is 7.26. The number of anilines is 2. The van der Waals surface area contributed by atoms with Crippen molar-refractivity contribution in [2.24, 2.45) is 0 Å². The lowest BCUT2D eigenvalue weighted by molar-refractivity contribution is -0.114. The van der Waals surface area contributed by atoms with E-state index < -0.39 is 22.5 Å². The van der Waals surface area contributed by atoms with Crippen LogP contribution in [0.4, 0.5) is 11.4 Å². The zero-order chi connectivity index (χ0) is 24.8. The Balaban J connectivity index is 1.65. The van der Waals surface area contributed by atoms with Crippen LogP contribution >= 0.6 is 23.2 Å². The molecule has 0 aromatic heterocycles. The second kappa shape index (κ2) is 10.8. The molecular formula is C26H20Cl2N2O4S. The highest BCUT2D eigenvalue weighted by atomic mass is 35.5. The molecule has 178 valence electrons. The summed E-state index contributed by atoms with van der Waals surface area (Å²) in [5.41, 5.74) is 0.475. The molecule has 0 saturated carbocycles. The van der Waals surface area contributed by atoms with Crippen molar-refractivity contribution in [1.82, 2.24) is 0 Å². The second-order valence-corrected chi connectivity index (χ2v) is 10.1. The number of benzene rings is 4. The summed E-state index contributed by atoms with van der Waals surface area (Å²) in [6.07, 6.45) is 0. The maximum absolute atomic E-state index is 13.5. The minimum atomic E-state index is -4.14. The molecule has 6 nitrogen and oxygen atoms in total. The number of hydrogen-bond acceptors (Lipinski definition) is 4. The lowest BCUT2D eigenvalue weighted by Crippen LogP contribution is -2.38. The molecule has 0 aliphatic rings. The number of ether oxygens (including phenoxy) is 1. The van der Waals surface area contributed by atoms with Gasteiger partial charge in [0.25, 0.3) is 10.0 Å². The quantitative estimate of drug-likeness (QED) is 0.280. The Bertz CT molecular complexity index is 1430. The Kier molecular flexibility index (Phi) is 7.60. The monoisotopic (exact) mass is 526 g/mol. The van der Waals surface area contributed by atoms with Crippen LogP contribution in [0.15, 0.2) is 108 Å². The minimum Gasteiger partial charge on any atom is -0.455 e. The van der Waals surface area contributed by atoms with Crippen LogP contribution in [0.3, 0.4) is 0 Å². The number of sulfonamides is 1. The molecule has 0 heterocycles. The molecule has 1 N–H and O–H groups in total. The van der Waals surface area contributed by atoms with E-state index in [1.54, 1.807) is 54.6 Å². The molecule has 0 aliphatic carbocycles. The van der Waals surface area contributed by atoms with E-state index in [1.807, 2.05) is 18.2 Å². The first-order chi connectivity index (χ1) is 16.8. The predicted octanol–water partition coefficient (Wildman–Crippen LogP) is 6.62. The van der Waals surface area contributed by atoms with Crippen LogP contribution in [0.5, 0.6) is 11.5 Å². The van der Waals surface area contributed by atoms with Crippen molar-refractivity contribution in [3.63, 3.8) is 0 Å². The molecule has 4 rings (SSSR count). The van der Waals surface area contributed by atoms with Crippen molar-refractivity contribution in [3.05, 3.63) is 113 Å². The van der Waals surface area contributed by atoms with Crippen molar-refractivity contribution in [2.45, 2.75) is 4.90 Å². The fourth-order valence-electron chi connectivity index (χ4n) is 3.29. The van der Waals surface area contributed by atoms with Crippen molar-refractivity contribution in [2.75, 3.05) is 16.2 Å². The fourth-order valence-corrected chi connectivity index (χ4v) is 5.18. The molecule has 0 aliphatic heterocycles. The molecular weight excluding hydrogens is 507 g/mol. The largest absolute Gasteiger partial charge is 0.455 e. The average molecular weight is 527 g/mol. The van der Waals surface area contributed by atoms with E-state index in [-0.39, 0.29) is 20.6 Å². The summed E-state index contributed by atoms with van der Waals surface area (Å²) in [7, 11) is -4.14. The highest BCUT2D eigenvalue weighted by Crippen LogP contribution is 2.34. The number of nitrogens with zero attached hydrogens (tertiary/aromatic N) is 1. The zero-order valence-electron chi connectivity index (χ0n) is 18.3. The molecule has 0 bridgehead atoms. The van der Waals surface area contributed by atoms with Crippen LogP contribution in [0.2, 0.25) is 10.0 Å². The van der Waals surface area contributed by atoms with Crippen LogP contribution in [-0.2, 0) is 14.8 Å². The standard InChI is InChI=1S/C26H20Cl2N2O4S/c27-19-15-16-22(28)24(17-19)30(35(32,33)21-11-5-2-6-12-21)18-26(31)29-23-13-7-8-14-25(23)34-20-9-3-1-4-10-20/h1-17H,18H2,(H,29,31). The third kappa shape index (κ3) is 5.95. The minimum absolute atomic E-state index is 0.0108. The number of amides is 1. The van der Waals surface area contributed by atoms with Gasteiger partial charge in [-0.2, -0.15) is 0 Å². The van der Waals surface area contributed by atoms with E-state index in [1.165, 1.54) is 30.3 Å². The molecule has 0 radical (unpaired) electrons. The van der Waals surface area contributed by atoms with Crippen LogP contribution in [0.1, 0.15) is 0 Å². The Labute approximate surface area is 213 Å². The summed E-state index contributed by atoms with van der Waals surface area (Å²) >= 11 is 12.5. The summed E-state index contributed by atoms with van der Waals surface area (Å²) in [6, 6.07) is 28.2. The first-order valence-corrected chi connectivity index (χ1v) is 12.7. The molecule has 0 atom stereocenters. The lowest BCUT2D eigenvalue weighted by atomic mass is 10.2. The molecule has 9 heteroatoms. The molecule has 0 spiro atoms. The molecule has 4 aromatic carbocycles. The Morgan fingerprint density at radius 1 is 0.829 bits per heavy atom. The van der Waals surface area contributed by atoms with Crippen molar-refractivity contribution < 1.29 is 17.9 Å². The van der Waals surface area contributed by atoms with Gasteiger partial charge in [-0.25, -0.2) is 8.42 Å². The van der Waals surface area contributed by atoms with Gasteiger partial charge in [-0.15, -0.1) is 0 Å². The van der Waals surface area contributed by atoms with Crippen LogP contribution in [0, 0.1) is 0 Å². The van der Waals surface area contributed by atoms with Gasteiger partial charge >= 0.3 is 0 Å². The van der Waals surface area contributed by atoms with E-state index in [0.717, 1.165) is 4.31 Å². The molecule has 0 saturated heterocycles. The van der Waals surface area contributed by atoms with E-state index in [4.69, 9.17) is 27.9 Å². The van der Waals surface area contributed by atoms with E-state index in [9.17, 15) is 13.2 Å². The lowest BCUT2D eigenvalue weighted by Gasteiger charge is -2.25. The van der Waals surface area contributed by atoms with Crippen LogP contribution in [0.25, 0.3) is 0 Å². The van der Waals surface area contributed by atoms with Gasteiger partial charge in [0, 0.05) is 5.02 Å². The molecule has 0 unspecified atom stereocenters. The van der Waals surface area contributed by atoms with Crippen LogP contribution in [-0.4, -0.2) is 20.9 Å². The van der Waals surface area contributed by atoms with E-state index in [2.05, 4.69) is 5.32 Å². The number of nitrogens with one attached hydrogen (secondary N) is 1. The van der Waals surface area contributed by atoms with Crippen molar-refractivity contribution in [1.29, 1.82) is 0 Å². The molecule has 4 aromatic rings. The molecule has 35 heavy (non-hydrogen) atoms.